The third-order valence-electron chi connectivity index (χ3n) is 6.90. The predicted molar refractivity (Wildman–Crippen MR) is 108 cm³/mol. The van der Waals surface area contributed by atoms with Crippen molar-refractivity contribution in [3.05, 3.63) is 59.7 Å². The standard InChI is InChI=1S/C24H24N2O4/c27-21-17-5-1-2-6-18(17)22(28)25(21)13-15-9-11-16(12-10-15)14-26-23(29)19-7-3-4-8-20(19)24(26)30/h1-4,9-12,17-20H,5-8,13-14H2/t17-,18-,19-,20-/m1/s1. The van der Waals surface area contributed by atoms with Crippen LogP contribution in [0.25, 0.3) is 0 Å². The fourth-order valence-corrected chi connectivity index (χ4v) is 5.16. The third kappa shape index (κ3) is 3.02. The summed E-state index contributed by atoms with van der Waals surface area (Å²) in [5.74, 6) is -1.19. The van der Waals surface area contributed by atoms with E-state index in [1.165, 1.54) is 9.80 Å². The van der Waals surface area contributed by atoms with Crippen LogP contribution in [0, 0.1) is 23.7 Å². The van der Waals surface area contributed by atoms with Gasteiger partial charge < -0.3 is 0 Å². The largest absolute Gasteiger partial charge is 0.278 e. The van der Waals surface area contributed by atoms with Crippen LogP contribution in [0.4, 0.5) is 0 Å². The number of rotatable bonds is 4. The number of hydrogen-bond acceptors (Lipinski definition) is 4. The molecule has 1 aromatic carbocycles. The molecule has 0 radical (unpaired) electrons. The van der Waals surface area contributed by atoms with E-state index in [2.05, 4.69) is 0 Å². The van der Waals surface area contributed by atoms with Crippen molar-refractivity contribution in [1.29, 1.82) is 0 Å². The molecule has 154 valence electrons. The molecule has 1 aromatic rings. The average Bonchev–Trinajstić information content (AvgIpc) is 3.16. The topological polar surface area (TPSA) is 74.8 Å². The number of amides is 4. The molecule has 0 N–H and O–H groups in total. The van der Waals surface area contributed by atoms with Crippen LogP contribution in [0.1, 0.15) is 36.8 Å². The molecule has 30 heavy (non-hydrogen) atoms. The zero-order valence-electron chi connectivity index (χ0n) is 16.7. The molecule has 4 amide bonds. The first-order chi connectivity index (χ1) is 14.5. The highest BCUT2D eigenvalue weighted by Gasteiger charge is 2.48. The number of carbonyl (C=O) groups excluding carboxylic acids is 4. The molecule has 2 fully saturated rings. The summed E-state index contributed by atoms with van der Waals surface area (Å²) in [7, 11) is 0. The molecule has 4 atom stereocenters. The number of benzene rings is 1. The van der Waals surface area contributed by atoms with Crippen LogP contribution in [-0.2, 0) is 32.3 Å². The Morgan fingerprint density at radius 3 is 1.07 bits per heavy atom. The Labute approximate surface area is 175 Å². The summed E-state index contributed by atoms with van der Waals surface area (Å²) in [6.45, 7) is 0.532. The van der Waals surface area contributed by atoms with Crippen LogP contribution in [0.15, 0.2) is 48.6 Å². The molecule has 0 saturated carbocycles. The molecule has 2 saturated heterocycles. The Kier molecular flexibility index (Phi) is 4.65. The van der Waals surface area contributed by atoms with Crippen LogP contribution >= 0.6 is 0 Å². The number of imide groups is 2. The number of carbonyl (C=O) groups is 4. The van der Waals surface area contributed by atoms with E-state index >= 15 is 0 Å². The van der Waals surface area contributed by atoms with Crippen LogP contribution < -0.4 is 0 Å². The van der Waals surface area contributed by atoms with Crippen molar-refractivity contribution in [2.24, 2.45) is 23.7 Å². The summed E-state index contributed by atoms with van der Waals surface area (Å²) in [5.41, 5.74) is 1.73. The van der Waals surface area contributed by atoms with Crippen molar-refractivity contribution in [3.8, 4) is 0 Å². The normalized spacial score (nSPS) is 30.3. The fourth-order valence-electron chi connectivity index (χ4n) is 5.16. The van der Waals surface area contributed by atoms with E-state index in [4.69, 9.17) is 0 Å². The van der Waals surface area contributed by atoms with Crippen molar-refractivity contribution in [2.75, 3.05) is 0 Å². The lowest BCUT2D eigenvalue weighted by Crippen LogP contribution is -2.31. The van der Waals surface area contributed by atoms with E-state index < -0.39 is 0 Å². The van der Waals surface area contributed by atoms with Gasteiger partial charge in [0.15, 0.2) is 0 Å². The van der Waals surface area contributed by atoms with E-state index in [-0.39, 0.29) is 60.4 Å². The number of hydrogen-bond donors (Lipinski definition) is 0. The molecule has 6 heteroatoms. The maximum absolute atomic E-state index is 12.6. The zero-order chi connectivity index (χ0) is 20.8. The SMILES string of the molecule is O=C1[C@@H]2CC=CC[C@H]2C(=O)N1Cc1ccc(CN2C(=O)[C@@H]3CC=CC[C@H]3C2=O)cc1. The first-order valence-corrected chi connectivity index (χ1v) is 10.6. The van der Waals surface area contributed by atoms with E-state index in [0.717, 1.165) is 11.1 Å². The molecule has 0 bridgehead atoms. The van der Waals surface area contributed by atoms with Crippen molar-refractivity contribution in [2.45, 2.75) is 38.8 Å². The van der Waals surface area contributed by atoms with Gasteiger partial charge in [-0.05, 0) is 36.8 Å². The minimum atomic E-state index is -0.216. The molecule has 6 nitrogen and oxygen atoms in total. The molecule has 2 heterocycles. The second-order valence-corrected chi connectivity index (χ2v) is 8.65. The second kappa shape index (κ2) is 7.35. The van der Waals surface area contributed by atoms with Gasteiger partial charge in [-0.25, -0.2) is 0 Å². The Morgan fingerprint density at radius 2 is 0.800 bits per heavy atom. The second-order valence-electron chi connectivity index (χ2n) is 8.65. The smallest absolute Gasteiger partial charge is 0.233 e. The van der Waals surface area contributed by atoms with Gasteiger partial charge in [0, 0.05) is 0 Å². The van der Waals surface area contributed by atoms with Gasteiger partial charge in [-0.15, -0.1) is 0 Å². The highest BCUT2D eigenvalue weighted by Crippen LogP contribution is 2.37. The summed E-state index contributed by atoms with van der Waals surface area (Å²) in [4.78, 5) is 53.3. The lowest BCUT2D eigenvalue weighted by atomic mass is 9.85. The van der Waals surface area contributed by atoms with Gasteiger partial charge in [0.05, 0.1) is 36.8 Å². The monoisotopic (exact) mass is 404 g/mol. The molecule has 4 aliphatic rings. The Morgan fingerprint density at radius 1 is 0.533 bits per heavy atom. The van der Waals surface area contributed by atoms with Crippen LogP contribution in [0.5, 0.6) is 0 Å². The summed E-state index contributed by atoms with van der Waals surface area (Å²) >= 11 is 0. The molecule has 0 spiro atoms. The van der Waals surface area contributed by atoms with Gasteiger partial charge in [-0.1, -0.05) is 48.6 Å². The van der Waals surface area contributed by atoms with E-state index in [9.17, 15) is 19.2 Å². The van der Waals surface area contributed by atoms with Crippen LogP contribution in [-0.4, -0.2) is 33.4 Å². The van der Waals surface area contributed by atoms with Crippen LogP contribution in [0.2, 0.25) is 0 Å². The van der Waals surface area contributed by atoms with E-state index in [1.54, 1.807) is 0 Å². The molecule has 5 rings (SSSR count). The summed E-state index contributed by atoms with van der Waals surface area (Å²) in [6.07, 6.45) is 10.5. The minimum Gasteiger partial charge on any atom is -0.278 e. The summed E-state index contributed by atoms with van der Waals surface area (Å²) in [6, 6.07) is 7.48. The van der Waals surface area contributed by atoms with Gasteiger partial charge >= 0.3 is 0 Å². The number of nitrogens with zero attached hydrogens (tertiary/aromatic N) is 2. The highest BCUT2D eigenvalue weighted by molar-refractivity contribution is 6.06. The van der Waals surface area contributed by atoms with Crippen LogP contribution in [0.3, 0.4) is 0 Å². The fraction of sp³-hybridized carbons (Fsp3) is 0.417. The number of allylic oxidation sites excluding steroid dienone is 4. The van der Waals surface area contributed by atoms with Crippen molar-refractivity contribution >= 4 is 23.6 Å². The van der Waals surface area contributed by atoms with Crippen molar-refractivity contribution in [1.82, 2.24) is 9.80 Å². The van der Waals surface area contributed by atoms with Gasteiger partial charge in [0.1, 0.15) is 0 Å². The Balaban J connectivity index is 1.25. The summed E-state index contributed by atoms with van der Waals surface area (Å²) < 4.78 is 0. The molecule has 0 unspecified atom stereocenters. The zero-order valence-corrected chi connectivity index (χ0v) is 16.7. The number of fused-ring (bicyclic) bond motifs is 2. The highest BCUT2D eigenvalue weighted by atomic mass is 16.2. The van der Waals surface area contributed by atoms with E-state index in [1.807, 2.05) is 48.6 Å². The van der Waals surface area contributed by atoms with Gasteiger partial charge in [0.25, 0.3) is 0 Å². The molecular weight excluding hydrogens is 380 g/mol. The maximum atomic E-state index is 12.6. The first kappa shape index (κ1) is 19.0. The minimum absolute atomic E-state index is 0.0806. The molecule has 0 aromatic heterocycles. The lowest BCUT2D eigenvalue weighted by molar-refractivity contribution is -0.142. The average molecular weight is 404 g/mol. The lowest BCUT2D eigenvalue weighted by Gasteiger charge is -2.17. The molecular formula is C24H24N2O4. The Bertz CT molecular complexity index is 846. The van der Waals surface area contributed by atoms with Gasteiger partial charge in [-0.2, -0.15) is 0 Å². The Hall–Kier alpha value is -3.02. The molecule has 2 aliphatic carbocycles. The molecule has 2 aliphatic heterocycles. The quantitative estimate of drug-likeness (QED) is 0.571. The van der Waals surface area contributed by atoms with Crippen molar-refractivity contribution < 1.29 is 19.2 Å². The van der Waals surface area contributed by atoms with Gasteiger partial charge in [-0.3, -0.25) is 29.0 Å². The van der Waals surface area contributed by atoms with E-state index in [0.29, 0.717) is 25.7 Å². The first-order valence-electron chi connectivity index (χ1n) is 10.6. The van der Waals surface area contributed by atoms with Gasteiger partial charge in [0.2, 0.25) is 23.6 Å². The number of likely N-dealkylation sites (tertiary alicyclic amines) is 2. The summed E-state index contributed by atoms with van der Waals surface area (Å²) in [5, 5.41) is 0. The van der Waals surface area contributed by atoms with Crippen molar-refractivity contribution in [3.63, 3.8) is 0 Å². The third-order valence-corrected chi connectivity index (χ3v) is 6.90. The predicted octanol–water partition coefficient (Wildman–Crippen LogP) is 2.59. The maximum Gasteiger partial charge on any atom is 0.233 e.